The molecule has 0 saturated carbocycles. The van der Waals surface area contributed by atoms with Gasteiger partial charge in [-0.15, -0.1) is 0 Å². The fraction of sp³-hybridized carbons (Fsp3) is 0.333. The molecule has 0 radical (unpaired) electrons. The Labute approximate surface area is 103 Å². The summed E-state index contributed by atoms with van der Waals surface area (Å²) in [5.74, 6) is 0.632. The van der Waals surface area contributed by atoms with Crippen LogP contribution in [0.5, 0.6) is 0 Å². The van der Waals surface area contributed by atoms with E-state index in [9.17, 15) is 9.59 Å². The first kappa shape index (κ1) is 12.2. The zero-order valence-electron chi connectivity index (χ0n) is 10.4. The van der Waals surface area contributed by atoms with Gasteiger partial charge in [-0.3, -0.25) is 9.59 Å². The number of aromatic amines is 1. The van der Waals surface area contributed by atoms with Crippen molar-refractivity contribution in [3.8, 4) is 11.5 Å². The molecule has 6 heteroatoms. The van der Waals surface area contributed by atoms with Crippen molar-refractivity contribution in [1.82, 2.24) is 15.1 Å². The van der Waals surface area contributed by atoms with Crippen LogP contribution >= 0.6 is 0 Å². The number of hydrogen-bond acceptors (Lipinski definition) is 5. The highest BCUT2D eigenvalue weighted by Gasteiger charge is 2.21. The first-order valence-electron chi connectivity index (χ1n) is 5.60. The third-order valence-corrected chi connectivity index (χ3v) is 2.77. The molecule has 1 N–H and O–H groups in total. The van der Waals surface area contributed by atoms with E-state index in [-0.39, 0.29) is 11.6 Å². The second kappa shape index (κ2) is 4.56. The van der Waals surface area contributed by atoms with Gasteiger partial charge in [-0.25, -0.2) is 0 Å². The first-order chi connectivity index (χ1) is 8.58. The van der Waals surface area contributed by atoms with E-state index in [0.29, 0.717) is 41.1 Å². The number of carbonyl (C=O) groups is 2. The molecule has 2 heterocycles. The van der Waals surface area contributed by atoms with Crippen LogP contribution in [0.2, 0.25) is 0 Å². The van der Waals surface area contributed by atoms with Gasteiger partial charge in [0.25, 0.3) is 0 Å². The van der Waals surface area contributed by atoms with Gasteiger partial charge in [-0.2, -0.15) is 4.98 Å². The van der Waals surface area contributed by atoms with Crippen LogP contribution in [0.15, 0.2) is 4.52 Å². The molecule has 2 aromatic rings. The van der Waals surface area contributed by atoms with Gasteiger partial charge in [0, 0.05) is 18.9 Å². The molecule has 0 fully saturated rings. The van der Waals surface area contributed by atoms with Crippen LogP contribution in [0, 0.1) is 13.8 Å². The summed E-state index contributed by atoms with van der Waals surface area (Å²) < 4.78 is 4.87. The average molecular weight is 247 g/mol. The largest absolute Gasteiger partial charge is 0.349 e. The SMILES string of the molecule is CCC(=O)c1[nH]c(-c2noc(C)n2)c(C=O)c1C. The van der Waals surface area contributed by atoms with E-state index in [1.165, 1.54) is 0 Å². The van der Waals surface area contributed by atoms with Crippen molar-refractivity contribution in [2.24, 2.45) is 0 Å². The number of ketones is 1. The molecular formula is C12H13N3O3. The Morgan fingerprint density at radius 1 is 1.44 bits per heavy atom. The van der Waals surface area contributed by atoms with Crippen LogP contribution < -0.4 is 0 Å². The summed E-state index contributed by atoms with van der Waals surface area (Å²) in [5.41, 5.74) is 1.87. The number of rotatable bonds is 4. The lowest BCUT2D eigenvalue weighted by Crippen LogP contribution is -1.99. The van der Waals surface area contributed by atoms with E-state index in [0.717, 1.165) is 0 Å². The van der Waals surface area contributed by atoms with Crippen LogP contribution in [0.25, 0.3) is 11.5 Å². The fourth-order valence-electron chi connectivity index (χ4n) is 1.79. The Bertz CT molecular complexity index is 610. The van der Waals surface area contributed by atoms with E-state index >= 15 is 0 Å². The quantitative estimate of drug-likeness (QED) is 0.660. The van der Waals surface area contributed by atoms with Gasteiger partial charge in [-0.1, -0.05) is 12.1 Å². The number of aldehydes is 1. The summed E-state index contributed by atoms with van der Waals surface area (Å²) in [7, 11) is 0. The Hall–Kier alpha value is -2.24. The highest BCUT2D eigenvalue weighted by atomic mass is 16.5. The highest BCUT2D eigenvalue weighted by Crippen LogP contribution is 2.25. The molecule has 6 nitrogen and oxygen atoms in total. The summed E-state index contributed by atoms with van der Waals surface area (Å²) in [5, 5.41) is 3.75. The molecule has 2 aromatic heterocycles. The van der Waals surface area contributed by atoms with Crippen molar-refractivity contribution < 1.29 is 14.1 Å². The molecule has 0 aliphatic heterocycles. The first-order valence-corrected chi connectivity index (χ1v) is 5.60. The van der Waals surface area contributed by atoms with Gasteiger partial charge in [-0.05, 0) is 12.5 Å². The van der Waals surface area contributed by atoms with Gasteiger partial charge in [0.15, 0.2) is 12.1 Å². The maximum Gasteiger partial charge on any atom is 0.223 e. The number of aromatic nitrogens is 3. The van der Waals surface area contributed by atoms with Crippen LogP contribution in [0.4, 0.5) is 0 Å². The van der Waals surface area contributed by atoms with Crippen molar-refractivity contribution in [2.45, 2.75) is 27.2 Å². The Morgan fingerprint density at radius 2 is 2.17 bits per heavy atom. The van der Waals surface area contributed by atoms with Crippen molar-refractivity contribution in [2.75, 3.05) is 0 Å². The molecule has 0 spiro atoms. The van der Waals surface area contributed by atoms with Crippen molar-refractivity contribution in [3.63, 3.8) is 0 Å². The zero-order chi connectivity index (χ0) is 13.3. The van der Waals surface area contributed by atoms with Crippen molar-refractivity contribution in [3.05, 3.63) is 22.7 Å². The number of aryl methyl sites for hydroxylation is 1. The van der Waals surface area contributed by atoms with Gasteiger partial charge in [0.2, 0.25) is 11.7 Å². The van der Waals surface area contributed by atoms with Crippen LogP contribution in [0.3, 0.4) is 0 Å². The smallest absolute Gasteiger partial charge is 0.223 e. The molecule has 0 saturated heterocycles. The second-order valence-electron chi connectivity index (χ2n) is 3.95. The monoisotopic (exact) mass is 247 g/mol. The minimum Gasteiger partial charge on any atom is -0.349 e. The standard InChI is InChI=1S/C12H13N3O3/c1-4-9(17)10-6(2)8(5-16)11(14-10)12-13-7(3)18-15-12/h5,14H,4H2,1-3H3. The molecule has 94 valence electrons. The molecular weight excluding hydrogens is 234 g/mol. The summed E-state index contributed by atoms with van der Waals surface area (Å²) in [6.45, 7) is 5.14. The normalized spacial score (nSPS) is 10.6. The molecule has 0 unspecified atom stereocenters. The fourth-order valence-corrected chi connectivity index (χ4v) is 1.79. The highest BCUT2D eigenvalue weighted by molar-refractivity contribution is 6.00. The number of Topliss-reactive ketones (excluding diaryl/α,β-unsaturated/α-hetero) is 1. The Kier molecular flexibility index (Phi) is 3.10. The molecule has 0 atom stereocenters. The number of nitrogens with zero attached hydrogens (tertiary/aromatic N) is 2. The molecule has 0 amide bonds. The zero-order valence-corrected chi connectivity index (χ0v) is 10.4. The van der Waals surface area contributed by atoms with E-state index in [4.69, 9.17) is 4.52 Å². The predicted octanol–water partition coefficient (Wildman–Crippen LogP) is 2.09. The molecule has 18 heavy (non-hydrogen) atoms. The number of hydrogen-bond donors (Lipinski definition) is 1. The van der Waals surface area contributed by atoms with Gasteiger partial charge >= 0.3 is 0 Å². The maximum absolute atomic E-state index is 11.7. The van der Waals surface area contributed by atoms with Crippen LogP contribution in [0.1, 0.15) is 45.6 Å². The van der Waals surface area contributed by atoms with Crippen molar-refractivity contribution in [1.29, 1.82) is 0 Å². The van der Waals surface area contributed by atoms with Gasteiger partial charge < -0.3 is 9.51 Å². The number of H-pyrrole nitrogens is 1. The minimum atomic E-state index is -0.0536. The summed E-state index contributed by atoms with van der Waals surface area (Å²) in [6, 6.07) is 0. The predicted molar refractivity (Wildman–Crippen MR) is 63.6 cm³/mol. The minimum absolute atomic E-state index is 0.0536. The van der Waals surface area contributed by atoms with E-state index in [1.54, 1.807) is 20.8 Å². The number of nitrogens with one attached hydrogen (secondary N) is 1. The number of carbonyl (C=O) groups excluding carboxylic acids is 2. The van der Waals surface area contributed by atoms with E-state index in [1.807, 2.05) is 0 Å². The molecule has 0 aliphatic carbocycles. The third-order valence-electron chi connectivity index (χ3n) is 2.77. The van der Waals surface area contributed by atoms with Crippen molar-refractivity contribution >= 4 is 12.1 Å². The summed E-state index contributed by atoms with van der Waals surface area (Å²) >= 11 is 0. The molecule has 2 rings (SSSR count). The van der Waals surface area contributed by atoms with Crippen LogP contribution in [-0.4, -0.2) is 27.2 Å². The summed E-state index contributed by atoms with van der Waals surface area (Å²) in [6.07, 6.45) is 1.06. The Balaban J connectivity index is 2.61. The lowest BCUT2D eigenvalue weighted by atomic mass is 10.1. The lowest BCUT2D eigenvalue weighted by Gasteiger charge is -1.94. The van der Waals surface area contributed by atoms with E-state index < -0.39 is 0 Å². The average Bonchev–Trinajstić information content (AvgIpc) is 2.92. The molecule has 0 aliphatic rings. The lowest BCUT2D eigenvalue weighted by molar-refractivity contribution is 0.0983. The topological polar surface area (TPSA) is 88.8 Å². The molecule has 0 bridgehead atoms. The summed E-state index contributed by atoms with van der Waals surface area (Å²) in [4.78, 5) is 29.8. The second-order valence-corrected chi connectivity index (χ2v) is 3.95. The Morgan fingerprint density at radius 3 is 2.67 bits per heavy atom. The third kappa shape index (κ3) is 1.85. The molecule has 0 aromatic carbocycles. The van der Waals surface area contributed by atoms with Crippen LogP contribution in [-0.2, 0) is 0 Å². The van der Waals surface area contributed by atoms with Gasteiger partial charge in [0.05, 0.1) is 11.4 Å². The maximum atomic E-state index is 11.7. The van der Waals surface area contributed by atoms with E-state index in [2.05, 4.69) is 15.1 Å². The van der Waals surface area contributed by atoms with Gasteiger partial charge in [0.1, 0.15) is 0 Å².